The zero-order valence-corrected chi connectivity index (χ0v) is 12.3. The zero-order chi connectivity index (χ0) is 14.1. The van der Waals surface area contributed by atoms with Gasteiger partial charge in [-0.1, -0.05) is 35.0 Å². The molecule has 0 atom stereocenters. The first-order valence-electron chi connectivity index (χ1n) is 6.03. The van der Waals surface area contributed by atoms with Gasteiger partial charge in [0.05, 0.1) is 4.47 Å². The molecule has 0 bridgehead atoms. The lowest BCUT2D eigenvalue weighted by molar-refractivity contribution is 0.431. The highest BCUT2D eigenvalue weighted by atomic mass is 79.9. The number of phenols is 1. The van der Waals surface area contributed by atoms with Crippen LogP contribution < -0.4 is 0 Å². The average molecular weight is 331 g/mol. The second-order valence-corrected chi connectivity index (χ2v) is 5.31. The van der Waals surface area contributed by atoms with E-state index in [2.05, 4.69) is 26.1 Å². The predicted molar refractivity (Wildman–Crippen MR) is 79.3 cm³/mol. The number of halogens is 1. The molecule has 3 rings (SSSR count). The largest absolute Gasteiger partial charge is 0.507 e. The molecule has 0 fully saturated rings. The van der Waals surface area contributed by atoms with E-state index >= 15 is 0 Å². The van der Waals surface area contributed by atoms with Gasteiger partial charge in [0.15, 0.2) is 0 Å². The summed E-state index contributed by atoms with van der Waals surface area (Å²) in [6, 6.07) is 13.0. The minimum Gasteiger partial charge on any atom is -0.507 e. The molecule has 1 heterocycles. The third-order valence-corrected chi connectivity index (χ3v) is 3.60. The van der Waals surface area contributed by atoms with Gasteiger partial charge in [-0.05, 0) is 41.1 Å². The van der Waals surface area contributed by atoms with Crippen LogP contribution in [0, 0.1) is 6.92 Å². The van der Waals surface area contributed by atoms with E-state index in [-0.39, 0.29) is 5.75 Å². The van der Waals surface area contributed by atoms with Crippen molar-refractivity contribution >= 4 is 15.9 Å². The summed E-state index contributed by atoms with van der Waals surface area (Å²) in [5.74, 6) is 1.04. The van der Waals surface area contributed by atoms with Gasteiger partial charge in [-0.3, -0.25) is 0 Å². The maximum absolute atomic E-state index is 9.68. The first kappa shape index (κ1) is 12.9. The van der Waals surface area contributed by atoms with Crippen molar-refractivity contribution < 1.29 is 9.63 Å². The van der Waals surface area contributed by atoms with Gasteiger partial charge in [-0.2, -0.15) is 4.98 Å². The van der Waals surface area contributed by atoms with E-state index in [0.717, 1.165) is 5.56 Å². The van der Waals surface area contributed by atoms with Crippen molar-refractivity contribution in [3.05, 3.63) is 52.5 Å². The molecule has 5 heteroatoms. The summed E-state index contributed by atoms with van der Waals surface area (Å²) in [7, 11) is 0. The van der Waals surface area contributed by atoms with Crippen molar-refractivity contribution in [2.24, 2.45) is 0 Å². The molecule has 0 aliphatic heterocycles. The van der Waals surface area contributed by atoms with Gasteiger partial charge in [0.25, 0.3) is 5.89 Å². The van der Waals surface area contributed by atoms with Crippen LogP contribution in [0.5, 0.6) is 5.75 Å². The van der Waals surface area contributed by atoms with E-state index in [1.807, 2.05) is 31.2 Å². The summed E-state index contributed by atoms with van der Waals surface area (Å²) in [6.45, 7) is 2.02. The first-order chi connectivity index (χ1) is 9.63. The van der Waals surface area contributed by atoms with E-state index in [9.17, 15) is 5.11 Å². The van der Waals surface area contributed by atoms with Gasteiger partial charge >= 0.3 is 0 Å². The molecule has 0 saturated heterocycles. The summed E-state index contributed by atoms with van der Waals surface area (Å²) in [4.78, 5) is 4.35. The highest BCUT2D eigenvalue weighted by Crippen LogP contribution is 2.30. The highest BCUT2D eigenvalue weighted by molar-refractivity contribution is 9.10. The van der Waals surface area contributed by atoms with Crippen molar-refractivity contribution in [2.75, 3.05) is 0 Å². The van der Waals surface area contributed by atoms with Crippen LogP contribution in [-0.2, 0) is 0 Å². The topological polar surface area (TPSA) is 59.2 Å². The molecule has 0 aliphatic carbocycles. The van der Waals surface area contributed by atoms with Crippen LogP contribution in [0.25, 0.3) is 22.8 Å². The Morgan fingerprint density at radius 3 is 2.45 bits per heavy atom. The van der Waals surface area contributed by atoms with Crippen LogP contribution >= 0.6 is 15.9 Å². The molecule has 4 nitrogen and oxygen atoms in total. The third kappa shape index (κ3) is 2.44. The molecular weight excluding hydrogens is 320 g/mol. The molecule has 0 saturated carbocycles. The highest BCUT2D eigenvalue weighted by Gasteiger charge is 2.11. The molecule has 100 valence electrons. The maximum Gasteiger partial charge on any atom is 0.258 e. The zero-order valence-electron chi connectivity index (χ0n) is 10.7. The van der Waals surface area contributed by atoms with Crippen LogP contribution in [-0.4, -0.2) is 15.2 Å². The molecule has 20 heavy (non-hydrogen) atoms. The Hall–Kier alpha value is -2.14. The number of aromatic hydroxyl groups is 1. The molecule has 0 unspecified atom stereocenters. The molecule has 2 aromatic carbocycles. The summed E-state index contributed by atoms with van der Waals surface area (Å²) < 4.78 is 5.87. The molecule has 0 aliphatic rings. The van der Waals surface area contributed by atoms with Crippen molar-refractivity contribution in [1.82, 2.24) is 10.1 Å². The Labute approximate surface area is 124 Å². The number of aromatic nitrogens is 2. The Morgan fingerprint density at radius 1 is 1.05 bits per heavy atom. The smallest absolute Gasteiger partial charge is 0.258 e. The van der Waals surface area contributed by atoms with Gasteiger partial charge in [0.2, 0.25) is 5.82 Å². The van der Waals surface area contributed by atoms with Crippen molar-refractivity contribution in [3.8, 4) is 28.6 Å². The summed E-state index contributed by atoms with van der Waals surface area (Å²) in [6.07, 6.45) is 0. The monoisotopic (exact) mass is 330 g/mol. The first-order valence-corrected chi connectivity index (χ1v) is 6.82. The number of rotatable bonds is 2. The fourth-order valence-electron chi connectivity index (χ4n) is 1.81. The van der Waals surface area contributed by atoms with Gasteiger partial charge in [0.1, 0.15) is 5.75 Å². The Morgan fingerprint density at radius 2 is 1.75 bits per heavy atom. The van der Waals surface area contributed by atoms with E-state index in [1.54, 1.807) is 18.2 Å². The van der Waals surface area contributed by atoms with E-state index < -0.39 is 0 Å². The van der Waals surface area contributed by atoms with Gasteiger partial charge in [0, 0.05) is 11.1 Å². The van der Waals surface area contributed by atoms with E-state index in [0.29, 0.717) is 21.8 Å². The lowest BCUT2D eigenvalue weighted by Gasteiger charge is -1.98. The summed E-state index contributed by atoms with van der Waals surface area (Å²) in [5.41, 5.74) is 2.75. The number of phenolic OH excluding ortho intramolecular Hbond substituents is 1. The number of aryl methyl sites for hydroxylation is 1. The minimum absolute atomic E-state index is 0.137. The Kier molecular flexibility index (Phi) is 3.28. The Bertz CT molecular complexity index is 751. The molecule has 0 spiro atoms. The molecule has 1 N–H and O–H groups in total. The fourth-order valence-corrected chi connectivity index (χ4v) is 2.05. The van der Waals surface area contributed by atoms with Crippen LogP contribution in [0.2, 0.25) is 0 Å². The van der Waals surface area contributed by atoms with Crippen LogP contribution in [0.1, 0.15) is 5.56 Å². The standard InChI is InChI=1S/C15H11BrN2O2/c1-9-2-4-10(5-3-9)14-17-15(20-18-14)11-6-7-12(16)13(19)8-11/h2-8,19H,1H3. The maximum atomic E-state index is 9.68. The number of hydrogen-bond donors (Lipinski definition) is 1. The number of benzene rings is 2. The summed E-state index contributed by atoms with van der Waals surface area (Å²) in [5, 5.41) is 13.6. The van der Waals surface area contributed by atoms with E-state index in [4.69, 9.17) is 4.52 Å². The van der Waals surface area contributed by atoms with Crippen molar-refractivity contribution in [2.45, 2.75) is 6.92 Å². The lowest BCUT2D eigenvalue weighted by atomic mass is 10.1. The molecule has 3 aromatic rings. The van der Waals surface area contributed by atoms with Crippen molar-refractivity contribution in [3.63, 3.8) is 0 Å². The molecular formula is C15H11BrN2O2. The molecule has 1 aromatic heterocycles. The second-order valence-electron chi connectivity index (χ2n) is 4.46. The van der Waals surface area contributed by atoms with E-state index in [1.165, 1.54) is 5.56 Å². The third-order valence-electron chi connectivity index (χ3n) is 2.93. The quantitative estimate of drug-likeness (QED) is 0.765. The van der Waals surface area contributed by atoms with Crippen LogP contribution in [0.3, 0.4) is 0 Å². The SMILES string of the molecule is Cc1ccc(-c2noc(-c3ccc(Br)c(O)c3)n2)cc1. The van der Waals surface area contributed by atoms with Crippen LogP contribution in [0.4, 0.5) is 0 Å². The number of nitrogens with zero attached hydrogens (tertiary/aromatic N) is 2. The minimum atomic E-state index is 0.137. The normalized spacial score (nSPS) is 10.7. The fraction of sp³-hybridized carbons (Fsp3) is 0.0667. The lowest BCUT2D eigenvalue weighted by Crippen LogP contribution is -1.82. The van der Waals surface area contributed by atoms with Gasteiger partial charge < -0.3 is 9.63 Å². The second kappa shape index (κ2) is 5.09. The summed E-state index contributed by atoms with van der Waals surface area (Å²) >= 11 is 3.23. The Balaban J connectivity index is 1.97. The average Bonchev–Trinajstić information content (AvgIpc) is 2.92. The van der Waals surface area contributed by atoms with Gasteiger partial charge in [-0.25, -0.2) is 0 Å². The predicted octanol–water partition coefficient (Wildman–Crippen LogP) is 4.18. The van der Waals surface area contributed by atoms with Gasteiger partial charge in [-0.15, -0.1) is 0 Å². The molecule has 0 radical (unpaired) electrons. The molecule has 0 amide bonds. The van der Waals surface area contributed by atoms with Crippen molar-refractivity contribution in [1.29, 1.82) is 0 Å². The number of hydrogen-bond acceptors (Lipinski definition) is 4. The van der Waals surface area contributed by atoms with Crippen LogP contribution in [0.15, 0.2) is 51.5 Å².